The third-order valence-corrected chi connectivity index (χ3v) is 4.82. The predicted octanol–water partition coefficient (Wildman–Crippen LogP) is 3.37. The summed E-state index contributed by atoms with van der Waals surface area (Å²) in [5.74, 6) is 1.20. The smallest absolute Gasteiger partial charge is 0.233 e. The number of hydrogen-bond acceptors (Lipinski definition) is 7. The summed E-state index contributed by atoms with van der Waals surface area (Å²) in [6.07, 6.45) is 10.6. The summed E-state index contributed by atoms with van der Waals surface area (Å²) in [5, 5.41) is 0.598. The lowest BCUT2D eigenvalue weighted by Crippen LogP contribution is -2.21. The summed E-state index contributed by atoms with van der Waals surface area (Å²) in [7, 11) is 0. The largest absolute Gasteiger partial charge is 0.463 e. The fourth-order valence-electron chi connectivity index (χ4n) is 2.65. The summed E-state index contributed by atoms with van der Waals surface area (Å²) in [4.78, 5) is 15.9. The van der Waals surface area contributed by atoms with Gasteiger partial charge in [0.15, 0.2) is 17.6 Å². The highest BCUT2D eigenvalue weighted by Crippen LogP contribution is 2.34. The molecule has 1 aliphatic heterocycles. The number of aliphatic imine (C=N–C) groups is 1. The molecule has 0 spiro atoms. The van der Waals surface area contributed by atoms with E-state index in [0.717, 1.165) is 0 Å². The van der Waals surface area contributed by atoms with Crippen molar-refractivity contribution in [3.8, 4) is 18.2 Å². The number of terminal acetylenes is 1. The van der Waals surface area contributed by atoms with E-state index < -0.39 is 17.8 Å². The highest BCUT2D eigenvalue weighted by molar-refractivity contribution is 8.14. The van der Waals surface area contributed by atoms with Gasteiger partial charge in [-0.15, -0.1) is 6.42 Å². The molecule has 2 aromatic rings. The zero-order chi connectivity index (χ0) is 20.1. The lowest BCUT2D eigenvalue weighted by Gasteiger charge is -2.23. The van der Waals surface area contributed by atoms with E-state index in [9.17, 15) is 8.78 Å². The Morgan fingerprint density at radius 2 is 2.21 bits per heavy atom. The van der Waals surface area contributed by atoms with Crippen molar-refractivity contribution < 1.29 is 13.5 Å². The summed E-state index contributed by atoms with van der Waals surface area (Å²) in [6.45, 7) is 2.03. The van der Waals surface area contributed by atoms with Crippen molar-refractivity contribution in [1.82, 2.24) is 15.0 Å². The summed E-state index contributed by atoms with van der Waals surface area (Å²) in [5.41, 5.74) is 6.46. The highest BCUT2D eigenvalue weighted by atomic mass is 32.2. The Morgan fingerprint density at radius 3 is 2.89 bits per heavy atom. The number of ether oxygens (including phenoxy) is 1. The minimum atomic E-state index is -0.647. The maximum absolute atomic E-state index is 14.5. The molecule has 0 bridgehead atoms. The molecule has 2 unspecified atom stereocenters. The highest BCUT2D eigenvalue weighted by Gasteiger charge is 2.24. The van der Waals surface area contributed by atoms with Gasteiger partial charge in [0.2, 0.25) is 11.8 Å². The molecule has 0 saturated heterocycles. The van der Waals surface area contributed by atoms with Crippen LogP contribution in [0.1, 0.15) is 36.2 Å². The molecule has 2 aromatic heterocycles. The van der Waals surface area contributed by atoms with Crippen LogP contribution in [0.25, 0.3) is 11.9 Å². The van der Waals surface area contributed by atoms with Crippen molar-refractivity contribution in [3.63, 3.8) is 0 Å². The Kier molecular flexibility index (Phi) is 6.21. The number of nitrogens with two attached hydrogens (primary N) is 1. The average Bonchev–Trinajstić information content (AvgIpc) is 2.67. The third kappa shape index (κ3) is 4.84. The fourth-order valence-corrected chi connectivity index (χ4v) is 3.53. The molecule has 9 heteroatoms. The molecular weight excluding hydrogens is 384 g/mol. The molecule has 6 nitrogen and oxygen atoms in total. The van der Waals surface area contributed by atoms with Gasteiger partial charge in [-0.3, -0.25) is 4.99 Å². The molecule has 3 heterocycles. The van der Waals surface area contributed by atoms with Crippen molar-refractivity contribution in [1.29, 1.82) is 0 Å². The normalized spacial score (nSPS) is 19.6. The topological polar surface area (TPSA) is 86.3 Å². The molecule has 0 aromatic carbocycles. The number of hydrogen-bond donors (Lipinski definition) is 1. The van der Waals surface area contributed by atoms with Crippen LogP contribution in [0.3, 0.4) is 0 Å². The van der Waals surface area contributed by atoms with Crippen molar-refractivity contribution in [2.24, 2.45) is 10.7 Å². The van der Waals surface area contributed by atoms with E-state index in [1.54, 1.807) is 0 Å². The molecule has 0 saturated carbocycles. The van der Waals surface area contributed by atoms with E-state index in [-0.39, 0.29) is 29.0 Å². The maximum atomic E-state index is 14.5. The van der Waals surface area contributed by atoms with Crippen LogP contribution in [0.4, 0.5) is 8.78 Å². The first-order valence-corrected chi connectivity index (χ1v) is 9.25. The lowest BCUT2D eigenvalue weighted by molar-refractivity contribution is 0.353. The number of halogens is 2. The Labute approximate surface area is 165 Å². The van der Waals surface area contributed by atoms with Crippen LogP contribution in [0.15, 0.2) is 29.6 Å². The minimum absolute atomic E-state index is 0.00360. The molecule has 144 valence electrons. The zero-order valence-electron chi connectivity index (χ0n) is 15.0. The standard InChI is InChI=1S/C19H17F2N5OS/c1-3-4-27-17-10-23-16(9-24-17)14(20)7-12-6-13(18(21)25-8-12)15-5-11(2)28-19(22)26-15/h1,6-11,15H,4-5H2,2H3,(H2,22,26)/b14-7-. The number of nitrogens with zero attached hydrogens (tertiary/aromatic N) is 4. The van der Waals surface area contributed by atoms with E-state index in [0.29, 0.717) is 17.2 Å². The van der Waals surface area contributed by atoms with E-state index in [2.05, 4.69) is 25.9 Å². The van der Waals surface area contributed by atoms with Crippen molar-refractivity contribution in [2.75, 3.05) is 6.61 Å². The second-order valence-corrected chi connectivity index (χ2v) is 7.48. The Balaban J connectivity index is 1.84. The van der Waals surface area contributed by atoms with Crippen LogP contribution in [-0.2, 0) is 0 Å². The van der Waals surface area contributed by atoms with Gasteiger partial charge < -0.3 is 10.5 Å². The molecule has 1 aliphatic rings. The Morgan fingerprint density at radius 1 is 1.39 bits per heavy atom. The molecule has 3 rings (SSSR count). The van der Waals surface area contributed by atoms with E-state index in [4.69, 9.17) is 16.9 Å². The number of rotatable bonds is 5. The first-order chi connectivity index (χ1) is 13.5. The molecule has 0 amide bonds. The lowest BCUT2D eigenvalue weighted by atomic mass is 10.0. The van der Waals surface area contributed by atoms with Crippen molar-refractivity contribution >= 4 is 28.8 Å². The average molecular weight is 401 g/mol. The van der Waals surface area contributed by atoms with E-state index in [1.165, 1.54) is 42.5 Å². The molecule has 0 aliphatic carbocycles. The molecule has 0 fully saturated rings. The molecule has 2 N–H and O–H groups in total. The number of pyridine rings is 1. The van der Waals surface area contributed by atoms with Crippen LogP contribution >= 0.6 is 11.8 Å². The van der Waals surface area contributed by atoms with Gasteiger partial charge in [0.1, 0.15) is 5.69 Å². The van der Waals surface area contributed by atoms with Crippen LogP contribution in [0.2, 0.25) is 0 Å². The molecule has 2 atom stereocenters. The zero-order valence-corrected chi connectivity index (χ0v) is 15.8. The minimum Gasteiger partial charge on any atom is -0.463 e. The molecule has 0 radical (unpaired) electrons. The number of amidine groups is 1. The van der Waals surface area contributed by atoms with Crippen LogP contribution in [-0.4, -0.2) is 32.0 Å². The summed E-state index contributed by atoms with van der Waals surface area (Å²) < 4.78 is 33.8. The predicted molar refractivity (Wildman–Crippen MR) is 106 cm³/mol. The number of thioether (sulfide) groups is 1. The summed E-state index contributed by atoms with van der Waals surface area (Å²) >= 11 is 1.44. The van der Waals surface area contributed by atoms with Crippen molar-refractivity contribution in [3.05, 3.63) is 47.4 Å². The monoisotopic (exact) mass is 401 g/mol. The maximum Gasteiger partial charge on any atom is 0.233 e. The second kappa shape index (κ2) is 8.80. The first kappa shape index (κ1) is 19.8. The summed E-state index contributed by atoms with van der Waals surface area (Å²) in [6, 6.07) is 1.07. The van der Waals surface area contributed by atoms with Gasteiger partial charge in [0.25, 0.3) is 0 Å². The first-order valence-electron chi connectivity index (χ1n) is 8.37. The van der Waals surface area contributed by atoms with E-state index >= 15 is 0 Å². The van der Waals surface area contributed by atoms with Crippen molar-refractivity contribution in [2.45, 2.75) is 24.6 Å². The van der Waals surface area contributed by atoms with Gasteiger partial charge in [0.05, 0.1) is 18.4 Å². The van der Waals surface area contributed by atoms with Gasteiger partial charge in [-0.1, -0.05) is 24.6 Å². The van der Waals surface area contributed by atoms with Gasteiger partial charge in [-0.05, 0) is 24.1 Å². The second-order valence-electron chi connectivity index (χ2n) is 6.02. The van der Waals surface area contributed by atoms with Gasteiger partial charge in [-0.25, -0.2) is 19.3 Å². The number of aromatic nitrogens is 3. The molecular formula is C19H17F2N5OS. The molecule has 28 heavy (non-hydrogen) atoms. The fraction of sp³-hybridized carbons (Fsp3) is 0.263. The van der Waals surface area contributed by atoms with Gasteiger partial charge in [-0.2, -0.15) is 4.39 Å². The van der Waals surface area contributed by atoms with Gasteiger partial charge >= 0.3 is 0 Å². The van der Waals surface area contributed by atoms with Crippen LogP contribution in [0.5, 0.6) is 5.88 Å². The van der Waals surface area contributed by atoms with Crippen LogP contribution < -0.4 is 10.5 Å². The Hall–Kier alpha value is -2.99. The van der Waals surface area contributed by atoms with Crippen LogP contribution in [0, 0.1) is 18.3 Å². The quantitative estimate of drug-likeness (QED) is 0.611. The SMILES string of the molecule is C#CCOc1cnc(/C(F)=C/c2cnc(F)c(C3CC(C)SC(N)=N3)c2)cn1. The van der Waals surface area contributed by atoms with Gasteiger partial charge in [0, 0.05) is 17.0 Å². The third-order valence-electron chi connectivity index (χ3n) is 3.88. The van der Waals surface area contributed by atoms with E-state index in [1.807, 2.05) is 6.92 Å². The Bertz CT molecular complexity index is 956.